The third-order valence-electron chi connectivity index (χ3n) is 5.49. The average molecular weight is 471 g/mol. The number of ether oxygens (including phenoxy) is 1. The van der Waals surface area contributed by atoms with E-state index >= 15 is 0 Å². The van der Waals surface area contributed by atoms with E-state index in [2.05, 4.69) is 11.1 Å². The Balaban J connectivity index is 1.79. The van der Waals surface area contributed by atoms with Crippen molar-refractivity contribution < 1.29 is 4.74 Å². The van der Waals surface area contributed by atoms with Gasteiger partial charge in [-0.1, -0.05) is 29.3 Å². The van der Waals surface area contributed by atoms with Crippen molar-refractivity contribution in [1.29, 1.82) is 0 Å². The molecular weight excluding hydrogens is 447 g/mol. The lowest BCUT2D eigenvalue weighted by molar-refractivity contribution is 0.397. The summed E-state index contributed by atoms with van der Waals surface area (Å²) in [6.07, 6.45) is 10.5. The van der Waals surface area contributed by atoms with E-state index in [1.807, 2.05) is 32.1 Å². The number of rotatable bonds is 7. The first-order chi connectivity index (χ1) is 15.3. The fraction of sp³-hybridized carbons (Fsp3) is 0.292. The Morgan fingerprint density at radius 2 is 1.78 bits per heavy atom. The molecule has 6 nitrogen and oxygen atoms in total. The van der Waals surface area contributed by atoms with Crippen molar-refractivity contribution in [2.75, 3.05) is 0 Å². The highest BCUT2D eigenvalue weighted by atomic mass is 35.5. The van der Waals surface area contributed by atoms with Crippen molar-refractivity contribution in [3.63, 3.8) is 0 Å². The molecule has 32 heavy (non-hydrogen) atoms. The molecule has 166 valence electrons. The summed E-state index contributed by atoms with van der Waals surface area (Å²) in [4.78, 5) is 22.0. The molecule has 1 aromatic carbocycles. The first-order valence-corrected chi connectivity index (χ1v) is 11.1. The van der Waals surface area contributed by atoms with Crippen LogP contribution in [0.4, 0.5) is 0 Å². The Kier molecular flexibility index (Phi) is 6.26. The molecule has 0 bridgehead atoms. The summed E-state index contributed by atoms with van der Waals surface area (Å²) in [5.41, 5.74) is 1.18. The summed E-state index contributed by atoms with van der Waals surface area (Å²) in [5.74, 6) is 0.938. The predicted molar refractivity (Wildman–Crippen MR) is 129 cm³/mol. The SMILES string of the molecule is CC(C)n1c(Oc2cc(Cl)cc(Cl)c2)c(CC2(Cc3ccncc3)C=CC=N2)n(C)c1=O. The maximum absolute atomic E-state index is 13.1. The van der Waals surface area contributed by atoms with E-state index in [9.17, 15) is 4.79 Å². The van der Waals surface area contributed by atoms with Crippen LogP contribution in [-0.4, -0.2) is 25.9 Å². The molecule has 0 fully saturated rings. The largest absolute Gasteiger partial charge is 0.439 e. The average Bonchev–Trinajstić information content (AvgIpc) is 3.27. The van der Waals surface area contributed by atoms with Crippen LogP contribution in [0.2, 0.25) is 10.0 Å². The summed E-state index contributed by atoms with van der Waals surface area (Å²) in [6, 6.07) is 8.85. The van der Waals surface area contributed by atoms with Gasteiger partial charge in [0, 0.05) is 54.6 Å². The zero-order valence-electron chi connectivity index (χ0n) is 18.1. The Labute approximate surface area is 196 Å². The van der Waals surface area contributed by atoms with Gasteiger partial charge >= 0.3 is 5.69 Å². The number of allylic oxidation sites excluding steroid dienone is 1. The molecule has 1 unspecified atom stereocenters. The monoisotopic (exact) mass is 470 g/mol. The van der Waals surface area contributed by atoms with Crippen LogP contribution in [0.5, 0.6) is 11.6 Å². The minimum absolute atomic E-state index is 0.106. The van der Waals surface area contributed by atoms with Gasteiger partial charge in [-0.2, -0.15) is 0 Å². The van der Waals surface area contributed by atoms with Gasteiger partial charge in [0.05, 0.1) is 11.2 Å². The summed E-state index contributed by atoms with van der Waals surface area (Å²) in [6.45, 7) is 3.90. The topological polar surface area (TPSA) is 61.4 Å². The zero-order valence-corrected chi connectivity index (χ0v) is 19.6. The summed E-state index contributed by atoms with van der Waals surface area (Å²) < 4.78 is 9.54. The number of benzene rings is 1. The lowest BCUT2D eigenvalue weighted by atomic mass is 9.87. The van der Waals surface area contributed by atoms with E-state index in [0.717, 1.165) is 11.3 Å². The Hall–Kier alpha value is -2.83. The van der Waals surface area contributed by atoms with Crippen molar-refractivity contribution in [3.05, 3.63) is 86.7 Å². The quantitative estimate of drug-likeness (QED) is 0.462. The van der Waals surface area contributed by atoms with Crippen molar-refractivity contribution in [2.45, 2.75) is 38.3 Å². The van der Waals surface area contributed by atoms with Gasteiger partial charge in [-0.15, -0.1) is 0 Å². The van der Waals surface area contributed by atoms with E-state index < -0.39 is 5.54 Å². The fourth-order valence-corrected chi connectivity index (χ4v) is 4.48. The number of pyridine rings is 1. The Bertz CT molecular complexity index is 1210. The van der Waals surface area contributed by atoms with Gasteiger partial charge in [0.15, 0.2) is 0 Å². The molecule has 3 heterocycles. The van der Waals surface area contributed by atoms with E-state index in [1.165, 1.54) is 0 Å². The maximum atomic E-state index is 13.1. The molecule has 0 saturated heterocycles. The highest BCUT2D eigenvalue weighted by molar-refractivity contribution is 6.34. The molecule has 2 aromatic heterocycles. The first-order valence-electron chi connectivity index (χ1n) is 10.3. The summed E-state index contributed by atoms with van der Waals surface area (Å²) in [5, 5.41) is 0.918. The van der Waals surface area contributed by atoms with Gasteiger partial charge in [0.2, 0.25) is 5.88 Å². The van der Waals surface area contributed by atoms with Gasteiger partial charge in [-0.3, -0.25) is 19.1 Å². The highest BCUT2D eigenvalue weighted by Gasteiger charge is 2.34. The smallest absolute Gasteiger partial charge is 0.331 e. The van der Waals surface area contributed by atoms with E-state index in [4.69, 9.17) is 32.9 Å². The van der Waals surface area contributed by atoms with E-state index in [-0.39, 0.29) is 11.7 Å². The van der Waals surface area contributed by atoms with Crippen LogP contribution in [0, 0.1) is 0 Å². The Morgan fingerprint density at radius 1 is 1.09 bits per heavy atom. The maximum Gasteiger partial charge on any atom is 0.331 e. The molecule has 8 heteroatoms. The lowest BCUT2D eigenvalue weighted by Crippen LogP contribution is -2.30. The summed E-state index contributed by atoms with van der Waals surface area (Å²) >= 11 is 12.3. The molecule has 0 saturated carbocycles. The minimum atomic E-state index is -0.529. The molecule has 3 aromatic rings. The molecular formula is C24H24Cl2N4O2. The second-order valence-electron chi connectivity index (χ2n) is 8.21. The number of halogens is 2. The van der Waals surface area contributed by atoms with Crippen LogP contribution in [0.15, 0.2) is 64.7 Å². The van der Waals surface area contributed by atoms with Crippen molar-refractivity contribution in [1.82, 2.24) is 14.1 Å². The Morgan fingerprint density at radius 3 is 2.38 bits per heavy atom. The fourth-order valence-electron chi connectivity index (χ4n) is 3.98. The normalized spacial score (nSPS) is 17.4. The zero-order chi connectivity index (χ0) is 22.9. The van der Waals surface area contributed by atoms with Crippen LogP contribution in [0.25, 0.3) is 0 Å². The number of aliphatic imine (C=N–C) groups is 1. The lowest BCUT2D eigenvalue weighted by Gasteiger charge is -2.25. The van der Waals surface area contributed by atoms with E-state index in [0.29, 0.717) is 34.5 Å². The van der Waals surface area contributed by atoms with Crippen molar-refractivity contribution >= 4 is 29.4 Å². The highest BCUT2D eigenvalue weighted by Crippen LogP contribution is 2.35. The number of nitrogens with zero attached hydrogens (tertiary/aromatic N) is 4. The van der Waals surface area contributed by atoms with Gasteiger partial charge < -0.3 is 4.74 Å². The molecule has 1 aliphatic heterocycles. The molecule has 0 amide bonds. The molecule has 0 radical (unpaired) electrons. The molecule has 0 aliphatic carbocycles. The minimum Gasteiger partial charge on any atom is -0.439 e. The van der Waals surface area contributed by atoms with Crippen LogP contribution in [-0.2, 0) is 19.9 Å². The molecule has 1 atom stereocenters. The number of hydrogen-bond acceptors (Lipinski definition) is 4. The van der Waals surface area contributed by atoms with Crippen molar-refractivity contribution in [3.8, 4) is 11.6 Å². The molecule has 0 N–H and O–H groups in total. The number of imidazole rings is 1. The van der Waals surface area contributed by atoms with E-state index in [1.54, 1.807) is 53.0 Å². The second-order valence-corrected chi connectivity index (χ2v) is 9.09. The van der Waals surface area contributed by atoms with Gasteiger partial charge in [0.25, 0.3) is 0 Å². The predicted octanol–water partition coefficient (Wildman–Crippen LogP) is 5.43. The van der Waals surface area contributed by atoms with Gasteiger partial charge in [-0.25, -0.2) is 4.79 Å². The van der Waals surface area contributed by atoms with Crippen LogP contribution >= 0.6 is 23.2 Å². The first kappa shape index (κ1) is 22.4. The molecule has 0 spiro atoms. The standard InChI is InChI=1S/C24H24Cl2N4O2/c1-16(2)30-22(32-20-12-18(25)11-19(26)13-20)21(29(3)23(30)31)15-24(7-4-8-28-24)14-17-5-9-27-10-6-17/h4-13,16H,14-15H2,1-3H3. The van der Waals surface area contributed by atoms with Crippen LogP contribution < -0.4 is 10.4 Å². The number of aromatic nitrogens is 3. The van der Waals surface area contributed by atoms with Crippen LogP contribution in [0.3, 0.4) is 0 Å². The third-order valence-corrected chi connectivity index (χ3v) is 5.92. The third kappa shape index (κ3) is 4.52. The second kappa shape index (κ2) is 8.96. The summed E-state index contributed by atoms with van der Waals surface area (Å²) in [7, 11) is 1.76. The van der Waals surface area contributed by atoms with Crippen molar-refractivity contribution in [2.24, 2.45) is 12.0 Å². The van der Waals surface area contributed by atoms with Gasteiger partial charge in [-0.05, 0) is 55.8 Å². The molecule has 4 rings (SSSR count). The number of hydrogen-bond donors (Lipinski definition) is 0. The molecule has 1 aliphatic rings. The van der Waals surface area contributed by atoms with Gasteiger partial charge in [0.1, 0.15) is 5.75 Å². The van der Waals surface area contributed by atoms with Crippen LogP contribution in [0.1, 0.15) is 31.1 Å².